The van der Waals surface area contributed by atoms with E-state index in [0.29, 0.717) is 29.8 Å². The van der Waals surface area contributed by atoms with Gasteiger partial charge in [0.05, 0.1) is 12.2 Å². The summed E-state index contributed by atoms with van der Waals surface area (Å²) >= 11 is 0. The summed E-state index contributed by atoms with van der Waals surface area (Å²) in [5, 5.41) is 2.67. The number of carbonyl (C=O) groups excluding carboxylic acids is 4. The molecule has 0 aliphatic rings. The Morgan fingerprint density at radius 2 is 1.42 bits per heavy atom. The number of unbranched alkanes of at least 4 members (excludes halogenated alkanes) is 4. The van der Waals surface area contributed by atoms with Gasteiger partial charge in [-0.15, -0.1) is 0 Å². The molecule has 0 saturated carbocycles. The zero-order valence-electron chi connectivity index (χ0n) is 26.8. The summed E-state index contributed by atoms with van der Waals surface area (Å²) in [5.41, 5.74) is 3.09. The Labute approximate surface area is 266 Å². The van der Waals surface area contributed by atoms with Crippen molar-refractivity contribution in [2.45, 2.75) is 77.7 Å². The van der Waals surface area contributed by atoms with Crippen LogP contribution in [0, 0.1) is 0 Å². The highest BCUT2D eigenvalue weighted by molar-refractivity contribution is 5.99. The van der Waals surface area contributed by atoms with Crippen LogP contribution in [0.4, 0.5) is 0 Å². The van der Waals surface area contributed by atoms with Crippen LogP contribution in [0.1, 0.15) is 102 Å². The van der Waals surface area contributed by atoms with E-state index in [-0.39, 0.29) is 42.4 Å². The van der Waals surface area contributed by atoms with Gasteiger partial charge in [0, 0.05) is 17.5 Å². The van der Waals surface area contributed by atoms with Crippen LogP contribution in [0.2, 0.25) is 0 Å². The van der Waals surface area contributed by atoms with Gasteiger partial charge in [0.2, 0.25) is 0 Å². The minimum absolute atomic E-state index is 0.0108. The molecule has 0 fully saturated rings. The average Bonchev–Trinajstić information content (AvgIpc) is 3.04. The van der Waals surface area contributed by atoms with Gasteiger partial charge in [0.15, 0.2) is 12.4 Å². The van der Waals surface area contributed by atoms with E-state index in [0.717, 1.165) is 24.0 Å². The first kappa shape index (κ1) is 35.2. The smallest absolute Gasteiger partial charge is 0.338 e. The minimum atomic E-state index is -0.786. The van der Waals surface area contributed by atoms with E-state index < -0.39 is 12.1 Å². The first-order chi connectivity index (χ1) is 21.6. The quantitative estimate of drug-likeness (QED) is 0.0546. The van der Waals surface area contributed by atoms with Crippen molar-refractivity contribution in [3.05, 3.63) is 101 Å². The van der Waals surface area contributed by atoms with E-state index >= 15 is 0 Å². The van der Waals surface area contributed by atoms with Crippen LogP contribution in [0.15, 0.2) is 72.8 Å². The molecular formula is C37H45NO7. The number of hydrogen-bond donors (Lipinski definition) is 1. The van der Waals surface area contributed by atoms with Crippen molar-refractivity contribution >= 4 is 23.9 Å². The summed E-state index contributed by atoms with van der Waals surface area (Å²) in [5.74, 6) is -0.533. The SMILES string of the molecule is CCCCCCCOc1ccc(C(=O)COC(=O)c2ccc(C[C@@H](C=O)OCNC(=O)c3ccc(C(C)(C)C)cc3)cc2)cc1. The number of rotatable bonds is 18. The van der Waals surface area contributed by atoms with Crippen LogP contribution < -0.4 is 10.1 Å². The Morgan fingerprint density at radius 1 is 0.800 bits per heavy atom. The molecule has 0 aliphatic heterocycles. The molecule has 0 spiro atoms. The highest BCUT2D eigenvalue weighted by atomic mass is 16.5. The van der Waals surface area contributed by atoms with Crippen LogP contribution in [-0.2, 0) is 26.1 Å². The molecule has 240 valence electrons. The number of ketones is 1. The summed E-state index contributed by atoms with van der Waals surface area (Å²) in [4.78, 5) is 49.1. The predicted octanol–water partition coefficient (Wildman–Crippen LogP) is 6.89. The number of ether oxygens (including phenoxy) is 3. The number of aldehydes is 1. The molecular weight excluding hydrogens is 570 g/mol. The maximum atomic E-state index is 12.5. The van der Waals surface area contributed by atoms with E-state index in [1.165, 1.54) is 19.3 Å². The van der Waals surface area contributed by atoms with Crippen molar-refractivity contribution in [2.24, 2.45) is 0 Å². The number of benzene rings is 3. The fourth-order valence-electron chi connectivity index (χ4n) is 4.52. The van der Waals surface area contributed by atoms with Gasteiger partial charge >= 0.3 is 5.97 Å². The van der Waals surface area contributed by atoms with E-state index in [2.05, 4.69) is 33.0 Å². The minimum Gasteiger partial charge on any atom is -0.494 e. The van der Waals surface area contributed by atoms with Gasteiger partial charge in [0.25, 0.3) is 5.91 Å². The molecule has 0 aliphatic carbocycles. The molecule has 0 saturated heterocycles. The molecule has 8 heteroatoms. The van der Waals surface area contributed by atoms with Crippen LogP contribution >= 0.6 is 0 Å². The molecule has 3 aromatic rings. The Morgan fingerprint density at radius 3 is 2.04 bits per heavy atom. The van der Waals surface area contributed by atoms with Gasteiger partial charge < -0.3 is 24.3 Å². The van der Waals surface area contributed by atoms with Gasteiger partial charge in [-0.25, -0.2) is 4.79 Å². The highest BCUT2D eigenvalue weighted by Crippen LogP contribution is 2.22. The van der Waals surface area contributed by atoms with Crippen molar-refractivity contribution < 1.29 is 33.4 Å². The van der Waals surface area contributed by atoms with Gasteiger partial charge in [-0.1, -0.05) is 77.6 Å². The van der Waals surface area contributed by atoms with Crippen LogP contribution in [0.25, 0.3) is 0 Å². The van der Waals surface area contributed by atoms with Gasteiger partial charge in [-0.2, -0.15) is 0 Å². The first-order valence-corrected chi connectivity index (χ1v) is 15.6. The molecule has 1 atom stereocenters. The third kappa shape index (κ3) is 12.0. The largest absolute Gasteiger partial charge is 0.494 e. The lowest BCUT2D eigenvalue weighted by molar-refractivity contribution is -0.118. The summed E-state index contributed by atoms with van der Waals surface area (Å²) in [6, 6.07) is 20.7. The molecule has 0 aromatic heterocycles. The van der Waals surface area contributed by atoms with Gasteiger partial charge in [-0.3, -0.25) is 9.59 Å². The van der Waals surface area contributed by atoms with E-state index in [1.807, 2.05) is 12.1 Å². The third-order valence-corrected chi connectivity index (χ3v) is 7.35. The standard InChI is InChI=1S/C37H45NO7/c1-5-6-7-8-9-22-43-32-20-16-28(17-21-32)34(40)25-44-36(42)30-12-10-27(11-13-30)23-33(24-39)45-26-38-35(41)29-14-18-31(19-15-29)37(2,3)4/h10-21,24,33H,5-9,22-23,25-26H2,1-4H3,(H,38,41)/t33-/m0/s1. The summed E-state index contributed by atoms with van der Waals surface area (Å²) in [6.07, 6.45) is 5.93. The van der Waals surface area contributed by atoms with Gasteiger partial charge in [0.1, 0.15) is 24.9 Å². The van der Waals surface area contributed by atoms with Crippen molar-refractivity contribution in [3.63, 3.8) is 0 Å². The third-order valence-electron chi connectivity index (χ3n) is 7.35. The average molecular weight is 616 g/mol. The van der Waals surface area contributed by atoms with Crippen molar-refractivity contribution in [2.75, 3.05) is 19.9 Å². The lowest BCUT2D eigenvalue weighted by atomic mass is 9.87. The molecule has 45 heavy (non-hydrogen) atoms. The maximum Gasteiger partial charge on any atom is 0.338 e. The normalized spacial score (nSPS) is 11.8. The van der Waals surface area contributed by atoms with Gasteiger partial charge in [-0.05, 0) is 71.5 Å². The summed E-state index contributed by atoms with van der Waals surface area (Å²) in [7, 11) is 0. The van der Waals surface area contributed by atoms with Crippen LogP contribution in [0.5, 0.6) is 5.75 Å². The fraction of sp³-hybridized carbons (Fsp3) is 0.405. The number of hydrogen-bond acceptors (Lipinski definition) is 7. The Kier molecular flexibility index (Phi) is 14.0. The monoisotopic (exact) mass is 615 g/mol. The summed E-state index contributed by atoms with van der Waals surface area (Å²) < 4.78 is 16.5. The molecule has 8 nitrogen and oxygen atoms in total. The van der Waals surface area contributed by atoms with E-state index in [4.69, 9.17) is 14.2 Å². The Balaban J connectivity index is 1.39. The molecule has 0 bridgehead atoms. The maximum absolute atomic E-state index is 12.5. The molecule has 1 N–H and O–H groups in total. The predicted molar refractivity (Wildman–Crippen MR) is 174 cm³/mol. The molecule has 3 rings (SSSR count). The van der Waals surface area contributed by atoms with E-state index in [9.17, 15) is 19.2 Å². The van der Waals surface area contributed by atoms with Crippen LogP contribution in [-0.4, -0.2) is 50.0 Å². The number of carbonyl (C=O) groups is 4. The van der Waals surface area contributed by atoms with E-state index in [1.54, 1.807) is 60.7 Å². The fourth-order valence-corrected chi connectivity index (χ4v) is 4.52. The highest BCUT2D eigenvalue weighted by Gasteiger charge is 2.16. The lowest BCUT2D eigenvalue weighted by Crippen LogP contribution is -2.30. The molecule has 0 radical (unpaired) electrons. The van der Waals surface area contributed by atoms with Crippen LogP contribution in [0.3, 0.4) is 0 Å². The number of amides is 1. The molecule has 3 aromatic carbocycles. The second kappa shape index (κ2) is 17.9. The second-order valence-corrected chi connectivity index (χ2v) is 12.0. The zero-order chi connectivity index (χ0) is 32.7. The summed E-state index contributed by atoms with van der Waals surface area (Å²) in [6.45, 7) is 8.62. The number of nitrogens with one attached hydrogen (secondary N) is 1. The number of esters is 1. The molecule has 1 amide bonds. The zero-order valence-corrected chi connectivity index (χ0v) is 26.8. The second-order valence-electron chi connectivity index (χ2n) is 12.0. The lowest BCUT2D eigenvalue weighted by Gasteiger charge is -2.19. The van der Waals surface area contributed by atoms with Crippen molar-refractivity contribution in [3.8, 4) is 5.75 Å². The Hall–Kier alpha value is -4.30. The Bertz CT molecular complexity index is 1370. The topological polar surface area (TPSA) is 108 Å². The first-order valence-electron chi connectivity index (χ1n) is 15.6. The molecule has 0 heterocycles. The molecule has 0 unspecified atom stereocenters. The van der Waals surface area contributed by atoms with Crippen molar-refractivity contribution in [1.29, 1.82) is 0 Å². The van der Waals surface area contributed by atoms with Crippen molar-refractivity contribution in [1.82, 2.24) is 5.32 Å². The number of Topliss-reactive ketones (excluding diaryl/α,β-unsaturated/α-hetero) is 1.